The van der Waals surface area contributed by atoms with E-state index < -0.39 is 96.6 Å². The number of hydrazone groups is 1. The van der Waals surface area contributed by atoms with E-state index in [9.17, 15) is 56.6 Å². The number of hydrogen-bond acceptors (Lipinski definition) is 14. The summed E-state index contributed by atoms with van der Waals surface area (Å²) in [4.78, 5) is 108. The Labute approximate surface area is 404 Å². The molecule has 1 fully saturated rings. The van der Waals surface area contributed by atoms with E-state index in [2.05, 4.69) is 65.4 Å². The van der Waals surface area contributed by atoms with Gasteiger partial charge in [0.1, 0.15) is 35.7 Å². The van der Waals surface area contributed by atoms with Crippen LogP contribution in [0, 0.1) is 11.3 Å². The van der Waals surface area contributed by atoms with E-state index in [-0.39, 0.29) is 44.9 Å². The Morgan fingerprint density at radius 1 is 0.886 bits per heavy atom. The first kappa shape index (κ1) is 54.8. The zero-order valence-corrected chi connectivity index (χ0v) is 38.7. The van der Waals surface area contributed by atoms with Crippen molar-refractivity contribution in [1.29, 1.82) is 5.41 Å². The number of guanidine groups is 1. The van der Waals surface area contributed by atoms with E-state index in [1.54, 1.807) is 56.5 Å². The third kappa shape index (κ3) is 18.4. The van der Waals surface area contributed by atoms with Crippen LogP contribution < -0.4 is 52.7 Å². The number of carboxylic acid groups (broad SMARTS) is 1. The zero-order chi connectivity index (χ0) is 51.4. The van der Waals surface area contributed by atoms with Crippen LogP contribution >= 0.6 is 12.6 Å². The van der Waals surface area contributed by atoms with Gasteiger partial charge in [0.2, 0.25) is 29.5 Å². The molecular weight excluding hydrogens is 946 g/mol. The number of pyridine rings is 1. The van der Waals surface area contributed by atoms with Crippen LogP contribution in [0.1, 0.15) is 61.0 Å². The second-order valence-electron chi connectivity index (χ2n) is 15.9. The highest BCUT2D eigenvalue weighted by Gasteiger charge is 2.39. The number of nitrogens with one attached hydrogen (secondary N) is 10. The molecule has 1 aliphatic rings. The van der Waals surface area contributed by atoms with Crippen LogP contribution in [0.2, 0.25) is 0 Å². The molecule has 0 aliphatic carbocycles. The normalized spacial score (nSPS) is 18.2. The average Bonchev–Trinajstić information content (AvgIpc) is 3.30. The summed E-state index contributed by atoms with van der Waals surface area (Å²) >= 11 is 4.38. The number of aliphatic carboxylic acids is 1. The first-order valence-electron chi connectivity index (χ1n) is 21.6. The largest absolute Gasteiger partial charge is 0.494 e. The number of nitrogens with zero attached hydrogens (tertiary/aromatic N) is 2. The van der Waals surface area contributed by atoms with Gasteiger partial charge in [-0.15, -0.1) is 12.6 Å². The quantitative estimate of drug-likeness (QED) is 0.0276. The highest BCUT2D eigenvalue weighted by Crippen LogP contribution is 2.17. The maximum absolute atomic E-state index is 13.9. The van der Waals surface area contributed by atoms with Crippen molar-refractivity contribution in [2.75, 3.05) is 31.7 Å². The Hall–Kier alpha value is -7.77. The molecule has 0 unspecified atom stereocenters. The molecule has 0 radical (unpaired) electrons. The number of halogens is 3. The SMILES string of the molecule is CC(C)[C@@H]1NC(=O)[C@@H](Cc2ccc(OCCCNC(=O)c3ccc(N/N=C/c4ccccc4S)nc3)cc2)NC(=O)[C@H](CC(=O)O)NC(=O)CNC(=O)[C@H](CCCNC(=N)NC(=O)C(F)(F)F)NC1=O. The summed E-state index contributed by atoms with van der Waals surface area (Å²) in [6.07, 6.45) is -3.21. The topological polar surface area (TPSA) is 323 Å². The van der Waals surface area contributed by atoms with Crippen molar-refractivity contribution < 1.29 is 61.4 Å². The van der Waals surface area contributed by atoms with Crippen LogP contribution in [-0.4, -0.2) is 126 Å². The average molecular weight is 999 g/mol. The summed E-state index contributed by atoms with van der Waals surface area (Å²) in [7, 11) is 0. The van der Waals surface area contributed by atoms with Gasteiger partial charge in [0, 0.05) is 36.2 Å². The lowest BCUT2D eigenvalue weighted by Crippen LogP contribution is -2.59. The molecule has 376 valence electrons. The molecule has 3 aromatic rings. The Balaban J connectivity index is 1.36. The molecule has 26 heteroatoms. The van der Waals surface area contributed by atoms with Crippen LogP contribution in [0.4, 0.5) is 19.0 Å². The molecular formula is C44H53F3N12O10S. The van der Waals surface area contributed by atoms with E-state index in [0.29, 0.717) is 29.1 Å². The molecule has 4 atom stereocenters. The van der Waals surface area contributed by atoms with Crippen LogP contribution in [-0.2, 0) is 40.0 Å². The number of anilines is 1. The van der Waals surface area contributed by atoms with Gasteiger partial charge in [-0.1, -0.05) is 44.2 Å². The predicted octanol–water partition coefficient (Wildman–Crippen LogP) is 0.740. The molecule has 4 rings (SSSR count). The third-order valence-electron chi connectivity index (χ3n) is 10.0. The van der Waals surface area contributed by atoms with Crippen molar-refractivity contribution in [3.05, 3.63) is 83.6 Å². The number of aromatic nitrogens is 1. The van der Waals surface area contributed by atoms with Gasteiger partial charge >= 0.3 is 18.1 Å². The summed E-state index contributed by atoms with van der Waals surface area (Å²) in [6.45, 7) is 2.62. The van der Waals surface area contributed by atoms with Crippen LogP contribution in [0.3, 0.4) is 0 Å². The Morgan fingerprint density at radius 3 is 2.23 bits per heavy atom. The molecule has 0 bridgehead atoms. The smallest absolute Gasteiger partial charge is 0.471 e. The molecule has 2 heterocycles. The molecule has 2 aromatic carbocycles. The van der Waals surface area contributed by atoms with E-state index in [0.717, 1.165) is 10.5 Å². The van der Waals surface area contributed by atoms with Gasteiger partial charge in [0.25, 0.3) is 5.91 Å². The highest BCUT2D eigenvalue weighted by atomic mass is 32.1. The second kappa shape index (κ2) is 26.7. The van der Waals surface area contributed by atoms with Crippen molar-refractivity contribution in [2.45, 2.75) is 81.2 Å². The maximum Gasteiger partial charge on any atom is 0.471 e. The number of carbonyl (C=O) groups excluding carboxylic acids is 7. The molecule has 7 amide bonds. The fourth-order valence-corrected chi connectivity index (χ4v) is 6.57. The monoisotopic (exact) mass is 998 g/mol. The van der Waals surface area contributed by atoms with E-state index >= 15 is 0 Å². The van der Waals surface area contributed by atoms with Gasteiger partial charge in [-0.05, 0) is 61.1 Å². The lowest BCUT2D eigenvalue weighted by atomic mass is 9.99. The van der Waals surface area contributed by atoms with Gasteiger partial charge in [-0.25, -0.2) is 4.98 Å². The number of benzene rings is 2. The van der Waals surface area contributed by atoms with Crippen molar-refractivity contribution in [2.24, 2.45) is 11.0 Å². The molecule has 0 spiro atoms. The molecule has 22 nitrogen and oxygen atoms in total. The Kier molecular flexibility index (Phi) is 20.9. The molecule has 1 aliphatic heterocycles. The fourth-order valence-electron chi connectivity index (χ4n) is 6.35. The summed E-state index contributed by atoms with van der Waals surface area (Å²) in [5.41, 5.74) is 4.43. The number of ether oxygens (including phenoxy) is 1. The first-order valence-corrected chi connectivity index (χ1v) is 22.1. The third-order valence-corrected chi connectivity index (χ3v) is 10.4. The lowest BCUT2D eigenvalue weighted by Gasteiger charge is -2.27. The van der Waals surface area contributed by atoms with Crippen LogP contribution in [0.25, 0.3) is 0 Å². The van der Waals surface area contributed by atoms with Crippen LogP contribution in [0.15, 0.2) is 76.9 Å². The van der Waals surface area contributed by atoms with Gasteiger partial charge in [0.05, 0.1) is 31.4 Å². The van der Waals surface area contributed by atoms with Crippen molar-refractivity contribution in [3.63, 3.8) is 0 Å². The lowest BCUT2D eigenvalue weighted by molar-refractivity contribution is -0.172. The van der Waals surface area contributed by atoms with E-state index in [1.807, 2.05) is 24.3 Å². The van der Waals surface area contributed by atoms with Gasteiger partial charge in [-0.3, -0.25) is 54.5 Å². The number of carbonyl (C=O) groups is 8. The Morgan fingerprint density at radius 2 is 1.57 bits per heavy atom. The number of hydrogen-bond donors (Lipinski definition) is 12. The number of rotatable bonds is 18. The highest BCUT2D eigenvalue weighted by molar-refractivity contribution is 7.80. The molecule has 1 saturated heterocycles. The first-order chi connectivity index (χ1) is 33.2. The van der Waals surface area contributed by atoms with Gasteiger partial charge in [-0.2, -0.15) is 18.3 Å². The van der Waals surface area contributed by atoms with Gasteiger partial charge in [0.15, 0.2) is 5.96 Å². The van der Waals surface area contributed by atoms with E-state index in [4.69, 9.17) is 10.1 Å². The molecule has 70 heavy (non-hydrogen) atoms. The van der Waals surface area contributed by atoms with Crippen molar-refractivity contribution in [3.8, 4) is 5.75 Å². The van der Waals surface area contributed by atoms with E-state index in [1.165, 1.54) is 11.5 Å². The number of carboxylic acids is 1. The summed E-state index contributed by atoms with van der Waals surface area (Å²) in [5, 5.41) is 39.6. The van der Waals surface area contributed by atoms with Gasteiger partial charge < -0.3 is 47.1 Å². The predicted molar refractivity (Wildman–Crippen MR) is 249 cm³/mol. The van der Waals surface area contributed by atoms with Crippen molar-refractivity contribution >= 4 is 77.9 Å². The minimum atomic E-state index is -5.24. The summed E-state index contributed by atoms with van der Waals surface area (Å²) < 4.78 is 43.5. The zero-order valence-electron chi connectivity index (χ0n) is 37.8. The minimum Gasteiger partial charge on any atom is -0.494 e. The minimum absolute atomic E-state index is 0.0743. The fraction of sp³-hybridized carbons (Fsp3) is 0.386. The Bertz CT molecular complexity index is 2390. The second-order valence-corrected chi connectivity index (χ2v) is 16.3. The molecule has 11 N–H and O–H groups in total. The number of alkyl halides is 3. The number of thiol groups is 1. The van der Waals surface area contributed by atoms with Crippen molar-refractivity contribution in [1.82, 2.24) is 47.5 Å². The number of amides is 7. The van der Waals surface area contributed by atoms with Crippen LogP contribution in [0.5, 0.6) is 5.75 Å². The summed E-state index contributed by atoms with van der Waals surface area (Å²) in [5.74, 6) is -9.66. The molecule has 0 saturated carbocycles. The standard InChI is InChI=1S/C44H53F3N12O10S/c1-24(2)36-41(67)55-29(8-5-16-50-43(48)58-42(68)44(45,46)47)38(64)52-23-34(60)54-31(20-35(61)62)39(65)56-30(40(66)57-36)19-25-10-13-28(14-11-25)69-18-6-17-49-37(63)27-12-15-33(51-21-27)59-53-22-26-7-3-4-9-32(26)70/h3-4,7,9-15,21-22,24,29-31,36,70H,5-6,8,16-20,23H2,1-2H3,(H,49,63)(H,51,59)(H,52,64)(H,54,60)(H,55,67)(H,56,65)(H,57,66)(H,61,62)(H3,48,50,58,68)/b53-22+/t29-,30+,31-,36-/m0/s1. The summed E-state index contributed by atoms with van der Waals surface area (Å²) in [6, 6.07) is 11.1. The molecule has 1 aromatic heterocycles. The maximum atomic E-state index is 13.9.